The van der Waals surface area contributed by atoms with Crippen LogP contribution in [0.2, 0.25) is 0 Å². The summed E-state index contributed by atoms with van der Waals surface area (Å²) in [6.45, 7) is 1.91. The number of benzene rings is 1. The summed E-state index contributed by atoms with van der Waals surface area (Å²) < 4.78 is 1.98. The molecule has 0 saturated carbocycles. The molecule has 1 N–H and O–H groups in total. The lowest BCUT2D eigenvalue weighted by atomic mass is 10.3. The Balaban J connectivity index is 2.17. The first kappa shape index (κ1) is 11.0. The van der Waals surface area contributed by atoms with Crippen molar-refractivity contribution in [3.8, 4) is 22.1 Å². The van der Waals surface area contributed by atoms with Crippen LogP contribution in [0.15, 0.2) is 41.8 Å². The minimum Gasteiger partial charge on any atom is -0.508 e. The summed E-state index contributed by atoms with van der Waals surface area (Å²) in [4.78, 5) is 1.07. The minimum atomic E-state index is 0.252. The number of nitrogens with zero attached hydrogens (tertiary/aromatic N) is 3. The van der Waals surface area contributed by atoms with E-state index >= 15 is 0 Å². The predicted octanol–water partition coefficient (Wildman–Crippen LogP) is 3.01. The van der Waals surface area contributed by atoms with Gasteiger partial charge < -0.3 is 5.11 Å². The van der Waals surface area contributed by atoms with Gasteiger partial charge in [-0.1, -0.05) is 6.07 Å². The van der Waals surface area contributed by atoms with E-state index in [0.29, 0.717) is 0 Å². The first-order valence-electron chi connectivity index (χ1n) is 5.51. The van der Waals surface area contributed by atoms with E-state index in [1.165, 1.54) is 0 Å². The molecule has 0 aliphatic heterocycles. The maximum Gasteiger partial charge on any atom is 0.178 e. The van der Waals surface area contributed by atoms with Gasteiger partial charge in [-0.3, -0.25) is 4.57 Å². The number of aromatic hydroxyl groups is 1. The Hall–Kier alpha value is -2.14. The van der Waals surface area contributed by atoms with E-state index in [9.17, 15) is 5.11 Å². The molecule has 18 heavy (non-hydrogen) atoms. The van der Waals surface area contributed by atoms with Crippen molar-refractivity contribution in [2.45, 2.75) is 6.92 Å². The number of aromatic nitrogens is 3. The second-order valence-electron chi connectivity index (χ2n) is 3.90. The average Bonchev–Trinajstić information content (AvgIpc) is 2.99. The van der Waals surface area contributed by atoms with Crippen LogP contribution < -0.4 is 0 Å². The average molecular weight is 257 g/mol. The van der Waals surface area contributed by atoms with Gasteiger partial charge in [0, 0.05) is 5.69 Å². The molecule has 0 radical (unpaired) electrons. The van der Waals surface area contributed by atoms with Crippen LogP contribution in [0.3, 0.4) is 0 Å². The van der Waals surface area contributed by atoms with Gasteiger partial charge in [0.05, 0.1) is 4.88 Å². The molecule has 5 heteroatoms. The Labute approximate surface area is 108 Å². The number of phenols is 1. The van der Waals surface area contributed by atoms with Crippen molar-refractivity contribution >= 4 is 11.3 Å². The number of thiophene rings is 1. The molecule has 2 heterocycles. The number of hydrogen-bond acceptors (Lipinski definition) is 4. The van der Waals surface area contributed by atoms with Crippen LogP contribution in [0.5, 0.6) is 5.75 Å². The second-order valence-corrected chi connectivity index (χ2v) is 4.85. The van der Waals surface area contributed by atoms with Gasteiger partial charge in [-0.25, -0.2) is 0 Å². The fraction of sp³-hybridized carbons (Fsp3) is 0.0769. The molecular weight excluding hydrogens is 246 g/mol. The number of hydrogen-bond donors (Lipinski definition) is 1. The lowest BCUT2D eigenvalue weighted by Crippen LogP contribution is -1.98. The Morgan fingerprint density at radius 1 is 1.11 bits per heavy atom. The van der Waals surface area contributed by atoms with Gasteiger partial charge >= 0.3 is 0 Å². The number of rotatable bonds is 2. The van der Waals surface area contributed by atoms with Gasteiger partial charge in [0.1, 0.15) is 11.6 Å². The highest BCUT2D eigenvalue weighted by molar-refractivity contribution is 7.13. The molecule has 0 saturated heterocycles. The van der Waals surface area contributed by atoms with Crippen molar-refractivity contribution < 1.29 is 5.11 Å². The quantitative estimate of drug-likeness (QED) is 0.767. The Morgan fingerprint density at radius 3 is 2.56 bits per heavy atom. The highest BCUT2D eigenvalue weighted by Crippen LogP contribution is 2.26. The van der Waals surface area contributed by atoms with Crippen molar-refractivity contribution in [1.82, 2.24) is 14.8 Å². The van der Waals surface area contributed by atoms with Gasteiger partial charge in [-0.05, 0) is 42.6 Å². The first-order chi connectivity index (χ1) is 8.75. The third-order valence-corrected chi connectivity index (χ3v) is 3.54. The molecule has 0 aliphatic rings. The third-order valence-electron chi connectivity index (χ3n) is 2.67. The van der Waals surface area contributed by atoms with Crippen molar-refractivity contribution in [1.29, 1.82) is 0 Å². The molecule has 0 fully saturated rings. The zero-order valence-corrected chi connectivity index (χ0v) is 10.6. The Morgan fingerprint density at radius 2 is 1.89 bits per heavy atom. The van der Waals surface area contributed by atoms with Crippen molar-refractivity contribution in [3.05, 3.63) is 47.6 Å². The Kier molecular flexibility index (Phi) is 2.60. The van der Waals surface area contributed by atoms with Gasteiger partial charge in [-0.2, -0.15) is 0 Å². The fourth-order valence-corrected chi connectivity index (χ4v) is 2.54. The van der Waals surface area contributed by atoms with Gasteiger partial charge in [0.2, 0.25) is 0 Å². The Bertz CT molecular complexity index is 656. The summed E-state index contributed by atoms with van der Waals surface area (Å²) >= 11 is 1.63. The monoisotopic (exact) mass is 257 g/mol. The lowest BCUT2D eigenvalue weighted by molar-refractivity contribution is 0.475. The third kappa shape index (κ3) is 1.78. The number of phenolic OH excluding ortho intramolecular Hbond substituents is 1. The van der Waals surface area contributed by atoms with Gasteiger partial charge in [-0.15, -0.1) is 21.5 Å². The van der Waals surface area contributed by atoms with Crippen LogP contribution in [-0.4, -0.2) is 19.9 Å². The molecule has 3 rings (SSSR count). The maximum absolute atomic E-state index is 9.34. The van der Waals surface area contributed by atoms with E-state index in [1.54, 1.807) is 23.5 Å². The zero-order chi connectivity index (χ0) is 12.5. The largest absolute Gasteiger partial charge is 0.508 e. The van der Waals surface area contributed by atoms with Gasteiger partial charge in [0.25, 0.3) is 0 Å². The van der Waals surface area contributed by atoms with Crippen LogP contribution in [0.1, 0.15) is 5.82 Å². The molecule has 0 amide bonds. The van der Waals surface area contributed by atoms with E-state index in [4.69, 9.17) is 0 Å². The normalized spacial score (nSPS) is 10.7. The molecular formula is C13H11N3OS. The van der Waals surface area contributed by atoms with Crippen LogP contribution in [0.4, 0.5) is 0 Å². The van der Waals surface area contributed by atoms with Crippen molar-refractivity contribution in [2.75, 3.05) is 0 Å². The molecule has 1 aromatic carbocycles. The molecule has 0 atom stereocenters. The molecule has 0 bridgehead atoms. The standard InChI is InChI=1S/C13H11N3OS/c1-9-14-15-13(12-3-2-8-18-12)16(9)10-4-6-11(17)7-5-10/h2-8,17H,1H3. The maximum atomic E-state index is 9.34. The number of aryl methyl sites for hydroxylation is 1. The summed E-state index contributed by atoms with van der Waals surface area (Å²) in [6.07, 6.45) is 0. The van der Waals surface area contributed by atoms with Crippen molar-refractivity contribution in [2.24, 2.45) is 0 Å². The fourth-order valence-electron chi connectivity index (χ4n) is 1.84. The van der Waals surface area contributed by atoms with E-state index in [0.717, 1.165) is 22.2 Å². The smallest absolute Gasteiger partial charge is 0.178 e. The van der Waals surface area contributed by atoms with Crippen LogP contribution >= 0.6 is 11.3 Å². The summed E-state index contributed by atoms with van der Waals surface area (Å²) in [6, 6.07) is 11.0. The molecule has 0 unspecified atom stereocenters. The van der Waals surface area contributed by atoms with E-state index < -0.39 is 0 Å². The van der Waals surface area contributed by atoms with Crippen LogP contribution in [0.25, 0.3) is 16.4 Å². The summed E-state index contributed by atoms with van der Waals surface area (Å²) in [5.74, 6) is 1.90. The molecule has 4 nitrogen and oxygen atoms in total. The molecule has 0 spiro atoms. The molecule has 90 valence electrons. The highest BCUT2D eigenvalue weighted by atomic mass is 32.1. The SMILES string of the molecule is Cc1nnc(-c2cccs2)n1-c1ccc(O)cc1. The highest BCUT2D eigenvalue weighted by Gasteiger charge is 2.13. The summed E-state index contributed by atoms with van der Waals surface area (Å²) in [7, 11) is 0. The van der Waals surface area contributed by atoms with E-state index in [-0.39, 0.29) is 5.75 Å². The lowest BCUT2D eigenvalue weighted by Gasteiger charge is -2.07. The predicted molar refractivity (Wildman–Crippen MR) is 71.1 cm³/mol. The van der Waals surface area contributed by atoms with E-state index in [1.807, 2.05) is 41.1 Å². The second kappa shape index (κ2) is 4.27. The molecule has 2 aromatic heterocycles. The summed E-state index contributed by atoms with van der Waals surface area (Å²) in [5, 5.41) is 19.7. The van der Waals surface area contributed by atoms with E-state index in [2.05, 4.69) is 10.2 Å². The molecule has 3 aromatic rings. The zero-order valence-electron chi connectivity index (χ0n) is 9.74. The first-order valence-corrected chi connectivity index (χ1v) is 6.39. The van der Waals surface area contributed by atoms with Crippen molar-refractivity contribution in [3.63, 3.8) is 0 Å². The van der Waals surface area contributed by atoms with Crippen LogP contribution in [-0.2, 0) is 0 Å². The summed E-state index contributed by atoms with van der Waals surface area (Å²) in [5.41, 5.74) is 0.943. The molecule has 0 aliphatic carbocycles. The van der Waals surface area contributed by atoms with Gasteiger partial charge in [0.15, 0.2) is 5.82 Å². The van der Waals surface area contributed by atoms with Crippen LogP contribution in [0, 0.1) is 6.92 Å². The topological polar surface area (TPSA) is 50.9 Å². The minimum absolute atomic E-state index is 0.252.